The summed E-state index contributed by atoms with van der Waals surface area (Å²) < 4.78 is 6.05. The molecule has 0 aromatic carbocycles. The van der Waals surface area contributed by atoms with Gasteiger partial charge in [-0.05, 0) is 76.0 Å². The third-order valence-electron chi connectivity index (χ3n) is 6.22. The van der Waals surface area contributed by atoms with Crippen LogP contribution in [0.25, 0.3) is 0 Å². The van der Waals surface area contributed by atoms with E-state index >= 15 is 0 Å². The molecular formula is C20H36N2O2S. The van der Waals surface area contributed by atoms with Crippen LogP contribution in [-0.2, 0) is 9.53 Å². The summed E-state index contributed by atoms with van der Waals surface area (Å²) in [7, 11) is 0. The molecule has 0 spiro atoms. The Morgan fingerprint density at radius 3 is 2.60 bits per heavy atom. The van der Waals surface area contributed by atoms with Crippen LogP contribution in [0.2, 0.25) is 0 Å². The first-order valence-electron chi connectivity index (χ1n) is 10.5. The van der Waals surface area contributed by atoms with Crippen molar-refractivity contribution in [2.24, 2.45) is 5.92 Å². The number of hydrogen-bond donors (Lipinski definition) is 1. The van der Waals surface area contributed by atoms with E-state index in [1.54, 1.807) is 0 Å². The van der Waals surface area contributed by atoms with Gasteiger partial charge in [0.1, 0.15) is 6.61 Å². The summed E-state index contributed by atoms with van der Waals surface area (Å²) in [6, 6.07) is 0. The Balaban J connectivity index is 1.49. The first kappa shape index (κ1) is 19.5. The van der Waals surface area contributed by atoms with E-state index in [0.29, 0.717) is 11.4 Å². The maximum Gasteiger partial charge on any atom is 0.249 e. The molecule has 2 unspecified atom stereocenters. The largest absolute Gasteiger partial charge is 0.368 e. The fourth-order valence-electron chi connectivity index (χ4n) is 4.49. The minimum absolute atomic E-state index is 0.199. The van der Waals surface area contributed by atoms with Gasteiger partial charge in [0, 0.05) is 11.8 Å². The SMILES string of the molecule is CCC1CCC(OCC(=O)N(CC2CCCS2)C2CCCCN2)CC1. The number of piperidine rings is 1. The van der Waals surface area contributed by atoms with E-state index < -0.39 is 0 Å². The average Bonchev–Trinajstić information content (AvgIpc) is 3.18. The smallest absolute Gasteiger partial charge is 0.249 e. The van der Waals surface area contributed by atoms with Gasteiger partial charge < -0.3 is 9.64 Å². The van der Waals surface area contributed by atoms with Gasteiger partial charge in [-0.15, -0.1) is 0 Å². The molecule has 2 heterocycles. The van der Waals surface area contributed by atoms with Gasteiger partial charge in [-0.2, -0.15) is 11.8 Å². The van der Waals surface area contributed by atoms with E-state index in [4.69, 9.17) is 4.74 Å². The molecule has 3 rings (SSSR count). The molecule has 0 radical (unpaired) electrons. The molecule has 5 heteroatoms. The number of amides is 1. The molecule has 25 heavy (non-hydrogen) atoms. The number of nitrogens with one attached hydrogen (secondary N) is 1. The Morgan fingerprint density at radius 1 is 1.12 bits per heavy atom. The van der Waals surface area contributed by atoms with Gasteiger partial charge in [0.05, 0.1) is 12.3 Å². The highest BCUT2D eigenvalue weighted by Crippen LogP contribution is 2.29. The quantitative estimate of drug-likeness (QED) is 0.742. The average molecular weight is 369 g/mol. The van der Waals surface area contributed by atoms with Crippen LogP contribution in [0.4, 0.5) is 0 Å². The van der Waals surface area contributed by atoms with Crippen LogP contribution >= 0.6 is 11.8 Å². The lowest BCUT2D eigenvalue weighted by Crippen LogP contribution is -2.53. The highest BCUT2D eigenvalue weighted by Gasteiger charge is 2.30. The summed E-state index contributed by atoms with van der Waals surface area (Å²) in [4.78, 5) is 15.1. The molecule has 0 aromatic rings. The van der Waals surface area contributed by atoms with Crippen LogP contribution < -0.4 is 5.32 Å². The topological polar surface area (TPSA) is 41.6 Å². The molecule has 2 atom stereocenters. The molecular weight excluding hydrogens is 332 g/mol. The van der Waals surface area contributed by atoms with Crippen LogP contribution in [0.1, 0.15) is 71.1 Å². The lowest BCUT2D eigenvalue weighted by atomic mass is 9.86. The Kier molecular flexibility index (Phi) is 7.93. The Labute approximate surface area is 157 Å². The summed E-state index contributed by atoms with van der Waals surface area (Å²) in [6.07, 6.45) is 12.7. The van der Waals surface area contributed by atoms with E-state index in [9.17, 15) is 4.79 Å². The second-order valence-corrected chi connectivity index (χ2v) is 9.42. The zero-order valence-electron chi connectivity index (χ0n) is 15.9. The molecule has 0 aromatic heterocycles. The molecule has 144 valence electrons. The number of carbonyl (C=O) groups excluding carboxylic acids is 1. The lowest BCUT2D eigenvalue weighted by molar-refractivity contribution is -0.142. The number of nitrogens with zero attached hydrogens (tertiary/aromatic N) is 1. The van der Waals surface area contributed by atoms with Gasteiger partial charge in [0.15, 0.2) is 0 Å². The Morgan fingerprint density at radius 2 is 1.96 bits per heavy atom. The van der Waals surface area contributed by atoms with Crippen LogP contribution in [0.5, 0.6) is 0 Å². The normalized spacial score (nSPS) is 33.3. The van der Waals surface area contributed by atoms with Crippen molar-refractivity contribution in [2.45, 2.75) is 88.7 Å². The number of ether oxygens (including phenoxy) is 1. The number of carbonyl (C=O) groups is 1. The van der Waals surface area contributed by atoms with E-state index in [1.807, 2.05) is 11.8 Å². The zero-order chi connectivity index (χ0) is 17.5. The molecule has 1 amide bonds. The molecule has 3 fully saturated rings. The maximum absolute atomic E-state index is 12.9. The van der Waals surface area contributed by atoms with Crippen molar-refractivity contribution in [3.05, 3.63) is 0 Å². The summed E-state index contributed by atoms with van der Waals surface area (Å²) in [5.41, 5.74) is 0. The summed E-state index contributed by atoms with van der Waals surface area (Å²) in [5, 5.41) is 4.18. The van der Waals surface area contributed by atoms with Gasteiger partial charge in [0.2, 0.25) is 5.91 Å². The van der Waals surface area contributed by atoms with Gasteiger partial charge in [-0.1, -0.05) is 13.3 Å². The predicted molar refractivity (Wildman–Crippen MR) is 105 cm³/mol. The van der Waals surface area contributed by atoms with Gasteiger partial charge in [0.25, 0.3) is 0 Å². The fourth-order valence-corrected chi connectivity index (χ4v) is 5.75. The van der Waals surface area contributed by atoms with E-state index in [2.05, 4.69) is 17.1 Å². The first-order valence-corrected chi connectivity index (χ1v) is 11.6. The summed E-state index contributed by atoms with van der Waals surface area (Å²) in [6.45, 7) is 4.49. The van der Waals surface area contributed by atoms with Gasteiger partial charge >= 0.3 is 0 Å². The second kappa shape index (κ2) is 10.2. The van der Waals surface area contributed by atoms with Crippen LogP contribution in [-0.4, -0.2) is 53.8 Å². The predicted octanol–water partition coefficient (Wildman–Crippen LogP) is 3.80. The molecule has 1 saturated carbocycles. The highest BCUT2D eigenvalue weighted by atomic mass is 32.2. The molecule has 3 aliphatic rings. The number of rotatable bonds is 7. The standard InChI is InChI=1S/C20H36N2O2S/c1-2-16-8-10-17(11-9-16)24-15-20(23)22(14-18-6-5-13-25-18)19-7-3-4-12-21-19/h16-19,21H,2-15H2,1H3. The molecule has 0 bridgehead atoms. The van der Waals surface area contributed by atoms with Crippen molar-refractivity contribution in [1.29, 1.82) is 0 Å². The molecule has 4 nitrogen and oxygen atoms in total. The van der Waals surface area contributed by atoms with Crippen molar-refractivity contribution >= 4 is 17.7 Å². The minimum atomic E-state index is 0.199. The Bertz CT molecular complexity index is 401. The van der Waals surface area contributed by atoms with Crippen molar-refractivity contribution in [1.82, 2.24) is 10.2 Å². The van der Waals surface area contributed by atoms with Crippen LogP contribution in [0.15, 0.2) is 0 Å². The number of hydrogen-bond acceptors (Lipinski definition) is 4. The second-order valence-electron chi connectivity index (χ2n) is 8.01. The van der Waals surface area contributed by atoms with Crippen molar-refractivity contribution < 1.29 is 9.53 Å². The Hall–Kier alpha value is -0.260. The first-order chi connectivity index (χ1) is 12.3. The van der Waals surface area contributed by atoms with Gasteiger partial charge in [-0.25, -0.2) is 0 Å². The summed E-state index contributed by atoms with van der Waals surface area (Å²) in [5.74, 6) is 2.32. The fraction of sp³-hybridized carbons (Fsp3) is 0.950. The van der Waals surface area contributed by atoms with Crippen molar-refractivity contribution in [3.8, 4) is 0 Å². The molecule has 1 aliphatic carbocycles. The minimum Gasteiger partial charge on any atom is -0.368 e. The van der Waals surface area contributed by atoms with Crippen molar-refractivity contribution in [3.63, 3.8) is 0 Å². The zero-order valence-corrected chi connectivity index (χ0v) is 16.7. The third kappa shape index (κ3) is 5.86. The van der Waals surface area contributed by atoms with E-state index in [0.717, 1.165) is 38.3 Å². The third-order valence-corrected chi connectivity index (χ3v) is 7.60. The molecule has 1 N–H and O–H groups in total. The monoisotopic (exact) mass is 368 g/mol. The maximum atomic E-state index is 12.9. The van der Waals surface area contributed by atoms with E-state index in [-0.39, 0.29) is 18.7 Å². The molecule has 2 saturated heterocycles. The summed E-state index contributed by atoms with van der Waals surface area (Å²) >= 11 is 2.04. The van der Waals surface area contributed by atoms with E-state index in [1.165, 1.54) is 50.7 Å². The van der Waals surface area contributed by atoms with Crippen LogP contribution in [0, 0.1) is 5.92 Å². The van der Waals surface area contributed by atoms with Gasteiger partial charge in [-0.3, -0.25) is 10.1 Å². The highest BCUT2D eigenvalue weighted by molar-refractivity contribution is 8.00. The lowest BCUT2D eigenvalue weighted by Gasteiger charge is -2.37. The number of thioether (sulfide) groups is 1. The van der Waals surface area contributed by atoms with Crippen molar-refractivity contribution in [2.75, 3.05) is 25.4 Å². The van der Waals surface area contributed by atoms with Crippen LogP contribution in [0.3, 0.4) is 0 Å². The molecule has 2 aliphatic heterocycles.